The number of hydrogen-bond acceptors (Lipinski definition) is 5. The molecule has 6 heteroatoms. The highest BCUT2D eigenvalue weighted by Crippen LogP contribution is 2.10. The van der Waals surface area contributed by atoms with Crippen molar-refractivity contribution in [3.8, 4) is 0 Å². The van der Waals surface area contributed by atoms with Crippen molar-refractivity contribution in [1.82, 2.24) is 9.80 Å². The molecule has 0 saturated carbocycles. The SMILES string of the molecule is CN(C)CCNc1ccc(C(=O)OCCN(C)C)cc1.Cl. The quantitative estimate of drug-likeness (QED) is 0.741. The van der Waals surface area contributed by atoms with Crippen molar-refractivity contribution < 1.29 is 9.53 Å². The van der Waals surface area contributed by atoms with Gasteiger partial charge in [-0.05, 0) is 52.5 Å². The second-order valence-electron chi connectivity index (χ2n) is 5.25. The maximum atomic E-state index is 11.8. The molecule has 0 atom stereocenters. The largest absolute Gasteiger partial charge is 0.461 e. The Hall–Kier alpha value is -1.30. The van der Waals surface area contributed by atoms with Crippen LogP contribution in [-0.2, 0) is 4.74 Å². The summed E-state index contributed by atoms with van der Waals surface area (Å²) in [5.41, 5.74) is 1.60. The molecule has 0 amide bonds. The fraction of sp³-hybridized carbons (Fsp3) is 0.533. The van der Waals surface area contributed by atoms with Gasteiger partial charge < -0.3 is 19.9 Å². The van der Waals surface area contributed by atoms with E-state index in [1.165, 1.54) is 0 Å². The third-order valence-corrected chi connectivity index (χ3v) is 2.78. The monoisotopic (exact) mass is 315 g/mol. The number of benzene rings is 1. The smallest absolute Gasteiger partial charge is 0.338 e. The lowest BCUT2D eigenvalue weighted by molar-refractivity contribution is 0.0482. The van der Waals surface area contributed by atoms with Gasteiger partial charge in [0.25, 0.3) is 0 Å². The van der Waals surface area contributed by atoms with Gasteiger partial charge in [-0.1, -0.05) is 0 Å². The predicted octanol–water partition coefficient (Wildman–Crippen LogP) is 1.80. The Morgan fingerprint density at radius 2 is 1.62 bits per heavy atom. The molecule has 5 nitrogen and oxygen atoms in total. The number of rotatable bonds is 8. The highest BCUT2D eigenvalue weighted by Gasteiger charge is 2.06. The van der Waals surface area contributed by atoms with Gasteiger partial charge in [0.05, 0.1) is 5.56 Å². The van der Waals surface area contributed by atoms with Crippen LogP contribution in [0.15, 0.2) is 24.3 Å². The fourth-order valence-corrected chi connectivity index (χ4v) is 1.55. The third-order valence-electron chi connectivity index (χ3n) is 2.78. The highest BCUT2D eigenvalue weighted by atomic mass is 35.5. The molecule has 0 radical (unpaired) electrons. The average Bonchev–Trinajstić information content (AvgIpc) is 2.38. The molecule has 0 spiro atoms. The molecule has 0 unspecified atom stereocenters. The van der Waals surface area contributed by atoms with Crippen molar-refractivity contribution in [1.29, 1.82) is 0 Å². The van der Waals surface area contributed by atoms with Crippen LogP contribution in [0.25, 0.3) is 0 Å². The van der Waals surface area contributed by atoms with Crippen molar-refractivity contribution in [2.75, 3.05) is 59.7 Å². The summed E-state index contributed by atoms with van der Waals surface area (Å²) in [5, 5.41) is 3.30. The first-order valence-electron chi connectivity index (χ1n) is 6.79. The molecule has 1 N–H and O–H groups in total. The summed E-state index contributed by atoms with van der Waals surface area (Å²) in [5.74, 6) is -0.272. The molecule has 1 aromatic rings. The van der Waals surface area contributed by atoms with Crippen LogP contribution in [0.4, 0.5) is 5.69 Å². The lowest BCUT2D eigenvalue weighted by atomic mass is 10.2. The Balaban J connectivity index is 0.00000400. The molecule has 0 heterocycles. The van der Waals surface area contributed by atoms with Crippen LogP contribution in [0.3, 0.4) is 0 Å². The van der Waals surface area contributed by atoms with E-state index in [0.29, 0.717) is 12.2 Å². The van der Waals surface area contributed by atoms with Crippen LogP contribution in [0, 0.1) is 0 Å². The van der Waals surface area contributed by atoms with Crippen molar-refractivity contribution >= 4 is 24.1 Å². The van der Waals surface area contributed by atoms with Gasteiger partial charge in [0.2, 0.25) is 0 Å². The zero-order chi connectivity index (χ0) is 15.0. The van der Waals surface area contributed by atoms with Gasteiger partial charge in [0, 0.05) is 25.3 Å². The van der Waals surface area contributed by atoms with E-state index in [9.17, 15) is 4.79 Å². The van der Waals surface area contributed by atoms with Crippen LogP contribution in [0.1, 0.15) is 10.4 Å². The molecule has 0 fully saturated rings. The minimum absolute atomic E-state index is 0. The molecule has 0 aromatic heterocycles. The summed E-state index contributed by atoms with van der Waals surface area (Å²) >= 11 is 0. The lowest BCUT2D eigenvalue weighted by Crippen LogP contribution is -2.21. The Morgan fingerprint density at radius 3 is 2.14 bits per heavy atom. The Bertz CT molecular complexity index is 408. The van der Waals surface area contributed by atoms with E-state index >= 15 is 0 Å². The number of carbonyl (C=O) groups is 1. The normalized spacial score (nSPS) is 10.4. The van der Waals surface area contributed by atoms with E-state index in [2.05, 4.69) is 10.2 Å². The minimum Gasteiger partial charge on any atom is -0.461 e. The van der Waals surface area contributed by atoms with Gasteiger partial charge >= 0.3 is 5.97 Å². The zero-order valence-electron chi connectivity index (χ0n) is 13.3. The van der Waals surface area contributed by atoms with Gasteiger partial charge in [-0.3, -0.25) is 0 Å². The summed E-state index contributed by atoms with van der Waals surface area (Å²) < 4.78 is 5.18. The molecule has 0 aliphatic heterocycles. The molecule has 1 aromatic carbocycles. The molecule has 0 aliphatic rings. The van der Waals surface area contributed by atoms with Crippen molar-refractivity contribution in [3.05, 3.63) is 29.8 Å². The summed E-state index contributed by atoms with van der Waals surface area (Å²) in [6.45, 7) is 2.98. The molecular weight excluding hydrogens is 290 g/mol. The van der Waals surface area contributed by atoms with Crippen LogP contribution in [0.2, 0.25) is 0 Å². The van der Waals surface area contributed by atoms with E-state index in [0.717, 1.165) is 25.3 Å². The summed E-state index contributed by atoms with van der Waals surface area (Å²) in [6, 6.07) is 7.38. The second kappa shape index (κ2) is 10.4. The molecule has 120 valence electrons. The number of carbonyl (C=O) groups excluding carboxylic acids is 1. The van der Waals surface area contributed by atoms with Crippen molar-refractivity contribution in [2.24, 2.45) is 0 Å². The minimum atomic E-state index is -0.272. The number of esters is 1. The number of hydrogen-bond donors (Lipinski definition) is 1. The number of likely N-dealkylation sites (N-methyl/N-ethyl adjacent to an activating group) is 2. The first-order chi connectivity index (χ1) is 9.49. The zero-order valence-corrected chi connectivity index (χ0v) is 14.1. The Kier molecular flexibility index (Phi) is 9.78. The average molecular weight is 316 g/mol. The Morgan fingerprint density at radius 1 is 1.05 bits per heavy atom. The number of halogens is 1. The van der Waals surface area contributed by atoms with Gasteiger partial charge in [0.15, 0.2) is 0 Å². The molecule has 0 aliphatic carbocycles. The summed E-state index contributed by atoms with van der Waals surface area (Å²) in [4.78, 5) is 15.9. The van der Waals surface area contributed by atoms with E-state index in [1.807, 2.05) is 45.2 Å². The van der Waals surface area contributed by atoms with Crippen LogP contribution in [0.5, 0.6) is 0 Å². The van der Waals surface area contributed by atoms with Gasteiger partial charge in [-0.15, -0.1) is 12.4 Å². The van der Waals surface area contributed by atoms with E-state index in [1.54, 1.807) is 12.1 Å². The van der Waals surface area contributed by atoms with Crippen LogP contribution < -0.4 is 5.32 Å². The second-order valence-corrected chi connectivity index (χ2v) is 5.25. The third kappa shape index (κ3) is 8.55. The van der Waals surface area contributed by atoms with Gasteiger partial charge in [0.1, 0.15) is 6.61 Å². The number of nitrogens with one attached hydrogen (secondary N) is 1. The predicted molar refractivity (Wildman–Crippen MR) is 89.6 cm³/mol. The molecule has 1 rings (SSSR count). The molecule has 21 heavy (non-hydrogen) atoms. The summed E-state index contributed by atoms with van der Waals surface area (Å²) in [7, 11) is 7.97. The highest BCUT2D eigenvalue weighted by molar-refractivity contribution is 5.89. The maximum Gasteiger partial charge on any atom is 0.338 e. The lowest BCUT2D eigenvalue weighted by Gasteiger charge is -2.12. The number of nitrogens with zero attached hydrogens (tertiary/aromatic N) is 2. The van der Waals surface area contributed by atoms with E-state index in [4.69, 9.17) is 4.74 Å². The molecule has 0 saturated heterocycles. The van der Waals surface area contributed by atoms with Crippen LogP contribution >= 0.6 is 12.4 Å². The van der Waals surface area contributed by atoms with Crippen molar-refractivity contribution in [2.45, 2.75) is 0 Å². The van der Waals surface area contributed by atoms with Gasteiger partial charge in [-0.2, -0.15) is 0 Å². The maximum absolute atomic E-state index is 11.8. The fourth-order valence-electron chi connectivity index (χ4n) is 1.55. The standard InChI is InChI=1S/C15H25N3O2.ClH/c1-17(2)10-9-16-14-7-5-13(6-8-14)15(19)20-12-11-18(3)4;/h5-8,16H,9-12H2,1-4H3;1H. The Labute approximate surface area is 133 Å². The van der Waals surface area contributed by atoms with Crippen LogP contribution in [-0.4, -0.2) is 70.2 Å². The first-order valence-corrected chi connectivity index (χ1v) is 6.79. The van der Waals surface area contributed by atoms with Crippen molar-refractivity contribution in [3.63, 3.8) is 0 Å². The summed E-state index contributed by atoms with van der Waals surface area (Å²) in [6.07, 6.45) is 0. The van der Waals surface area contributed by atoms with E-state index in [-0.39, 0.29) is 18.4 Å². The molecular formula is C15H26ClN3O2. The topological polar surface area (TPSA) is 44.8 Å². The molecule has 0 bridgehead atoms. The van der Waals surface area contributed by atoms with Gasteiger partial charge in [-0.25, -0.2) is 4.79 Å². The number of ether oxygens (including phenoxy) is 1. The number of anilines is 1. The van der Waals surface area contributed by atoms with E-state index < -0.39 is 0 Å². The first kappa shape index (κ1) is 19.7.